The molecule has 4 heterocycles. The van der Waals surface area contributed by atoms with Gasteiger partial charge >= 0.3 is 0 Å². The molecule has 1 aliphatic rings. The summed E-state index contributed by atoms with van der Waals surface area (Å²) in [7, 11) is 0. The largest absolute Gasteiger partial charge is 0.340 e. The van der Waals surface area contributed by atoms with Crippen LogP contribution in [0.15, 0.2) is 67.0 Å². The van der Waals surface area contributed by atoms with Crippen LogP contribution in [0.5, 0.6) is 0 Å². The van der Waals surface area contributed by atoms with Crippen molar-refractivity contribution in [3.63, 3.8) is 0 Å². The molecule has 5 rings (SSSR count). The lowest BCUT2D eigenvalue weighted by molar-refractivity contribution is -0.130. The molecular formula is C26H28N8O. The number of aromatic nitrogens is 5. The van der Waals surface area contributed by atoms with Crippen LogP contribution in [0.1, 0.15) is 18.3 Å². The lowest BCUT2D eigenvalue weighted by Gasteiger charge is -2.34. The Morgan fingerprint density at radius 2 is 1.77 bits per heavy atom. The predicted octanol–water partition coefficient (Wildman–Crippen LogP) is 3.44. The number of anilines is 2. The Kier molecular flexibility index (Phi) is 6.49. The average molecular weight is 469 g/mol. The van der Waals surface area contributed by atoms with Gasteiger partial charge in [0.1, 0.15) is 0 Å². The number of hydrogen-bond acceptors (Lipinski definition) is 7. The van der Waals surface area contributed by atoms with Gasteiger partial charge in [-0.1, -0.05) is 18.2 Å². The van der Waals surface area contributed by atoms with E-state index < -0.39 is 0 Å². The number of nitrogens with zero attached hydrogens (tertiary/aromatic N) is 7. The summed E-state index contributed by atoms with van der Waals surface area (Å²) >= 11 is 0. The maximum Gasteiger partial charge on any atom is 0.227 e. The molecule has 0 radical (unpaired) electrons. The summed E-state index contributed by atoms with van der Waals surface area (Å²) in [6, 6.07) is 17.8. The van der Waals surface area contributed by atoms with Crippen LogP contribution in [0.3, 0.4) is 0 Å². The number of nitrogens with one attached hydrogen (secondary N) is 1. The Bertz CT molecular complexity index is 1310. The minimum atomic E-state index is 0.138. The highest BCUT2D eigenvalue weighted by Gasteiger charge is 2.19. The van der Waals surface area contributed by atoms with E-state index in [9.17, 15) is 4.79 Å². The molecule has 0 aliphatic carbocycles. The number of carbonyl (C=O) groups excluding carboxylic acids is 1. The van der Waals surface area contributed by atoms with Crippen LogP contribution < -0.4 is 5.32 Å². The average Bonchev–Trinajstić information content (AvgIpc) is 3.35. The lowest BCUT2D eigenvalue weighted by Crippen LogP contribution is -2.47. The van der Waals surface area contributed by atoms with Gasteiger partial charge in [-0.15, -0.1) is 0 Å². The minimum Gasteiger partial charge on any atom is -0.340 e. The zero-order valence-corrected chi connectivity index (χ0v) is 19.9. The first-order chi connectivity index (χ1) is 17.0. The Morgan fingerprint density at radius 3 is 2.54 bits per heavy atom. The maximum atomic E-state index is 11.6. The number of para-hydroxylation sites is 1. The predicted molar refractivity (Wildman–Crippen MR) is 134 cm³/mol. The Morgan fingerprint density at radius 1 is 0.971 bits per heavy atom. The smallest absolute Gasteiger partial charge is 0.227 e. The van der Waals surface area contributed by atoms with Crippen LogP contribution >= 0.6 is 0 Å². The first kappa shape index (κ1) is 22.7. The summed E-state index contributed by atoms with van der Waals surface area (Å²) in [6.45, 7) is 7.55. The molecule has 1 fully saturated rings. The molecule has 0 saturated carbocycles. The molecular weight excluding hydrogens is 440 g/mol. The molecule has 1 aliphatic heterocycles. The number of piperazine rings is 1. The van der Waals surface area contributed by atoms with Crippen LogP contribution in [0.2, 0.25) is 0 Å². The maximum absolute atomic E-state index is 11.6. The van der Waals surface area contributed by atoms with Gasteiger partial charge in [0.05, 0.1) is 29.0 Å². The van der Waals surface area contributed by atoms with Crippen molar-refractivity contribution < 1.29 is 4.79 Å². The van der Waals surface area contributed by atoms with Crippen molar-refractivity contribution in [1.29, 1.82) is 0 Å². The summed E-state index contributed by atoms with van der Waals surface area (Å²) in [4.78, 5) is 29.7. The fourth-order valence-electron chi connectivity index (χ4n) is 4.30. The SMILES string of the molecule is CC(=O)N1CCN(Cc2cc(Nc3nccc(-c4ccnn4-c4ccccc4)n3)cc(C)n2)CC1. The highest BCUT2D eigenvalue weighted by Crippen LogP contribution is 2.23. The van der Waals surface area contributed by atoms with Crippen molar-refractivity contribution in [3.05, 3.63) is 78.4 Å². The third-order valence-electron chi connectivity index (χ3n) is 6.03. The normalized spacial score (nSPS) is 14.2. The topological polar surface area (TPSA) is 92.1 Å². The van der Waals surface area contributed by atoms with E-state index in [2.05, 4.69) is 20.3 Å². The van der Waals surface area contributed by atoms with Gasteiger partial charge in [-0.05, 0) is 43.3 Å². The monoisotopic (exact) mass is 468 g/mol. The zero-order valence-electron chi connectivity index (χ0n) is 19.9. The Labute approximate surface area is 204 Å². The summed E-state index contributed by atoms with van der Waals surface area (Å²) in [5.41, 5.74) is 5.42. The molecule has 0 bridgehead atoms. The van der Waals surface area contributed by atoms with Gasteiger partial charge in [0.25, 0.3) is 0 Å². The lowest BCUT2D eigenvalue weighted by atomic mass is 10.2. The molecule has 9 nitrogen and oxygen atoms in total. The first-order valence-corrected chi connectivity index (χ1v) is 11.7. The van der Waals surface area contributed by atoms with Crippen LogP contribution in [-0.4, -0.2) is 66.6 Å². The standard InChI is InChI=1S/C26H28N8O/c1-19-16-21(17-22(29-19)18-32-12-14-33(15-13-32)20(2)35)30-26-27-10-8-24(31-26)25-9-11-28-34(25)23-6-4-3-5-7-23/h3-11,16-17H,12-15,18H2,1-2H3,(H,27,29,30,31). The van der Waals surface area contributed by atoms with E-state index in [1.54, 1.807) is 19.3 Å². The fraction of sp³-hybridized carbons (Fsp3) is 0.269. The van der Waals surface area contributed by atoms with E-state index in [4.69, 9.17) is 9.97 Å². The highest BCUT2D eigenvalue weighted by atomic mass is 16.2. The van der Waals surface area contributed by atoms with Crippen LogP contribution in [0.25, 0.3) is 17.1 Å². The number of carbonyl (C=O) groups is 1. The number of rotatable bonds is 6. The van der Waals surface area contributed by atoms with Crippen LogP contribution in [-0.2, 0) is 11.3 Å². The summed E-state index contributed by atoms with van der Waals surface area (Å²) < 4.78 is 1.87. The molecule has 1 N–H and O–H groups in total. The quantitative estimate of drug-likeness (QED) is 0.463. The zero-order chi connectivity index (χ0) is 24.2. The van der Waals surface area contributed by atoms with E-state index in [0.717, 1.165) is 66.9 Å². The van der Waals surface area contributed by atoms with E-state index in [0.29, 0.717) is 5.95 Å². The number of aryl methyl sites for hydroxylation is 1. The van der Waals surface area contributed by atoms with Gasteiger partial charge in [-0.3, -0.25) is 14.7 Å². The third kappa shape index (κ3) is 5.36. The van der Waals surface area contributed by atoms with Crippen molar-refractivity contribution in [2.75, 3.05) is 31.5 Å². The molecule has 3 aromatic heterocycles. The first-order valence-electron chi connectivity index (χ1n) is 11.7. The molecule has 9 heteroatoms. The number of benzene rings is 1. The Balaban J connectivity index is 1.32. The van der Waals surface area contributed by atoms with Gasteiger partial charge < -0.3 is 10.2 Å². The molecule has 0 unspecified atom stereocenters. The molecule has 4 aromatic rings. The van der Waals surface area contributed by atoms with Gasteiger partial charge in [-0.2, -0.15) is 5.10 Å². The van der Waals surface area contributed by atoms with Crippen LogP contribution in [0, 0.1) is 6.92 Å². The molecule has 1 amide bonds. The third-order valence-corrected chi connectivity index (χ3v) is 6.03. The van der Waals surface area contributed by atoms with E-state index in [-0.39, 0.29) is 5.91 Å². The number of pyridine rings is 1. The molecule has 35 heavy (non-hydrogen) atoms. The highest BCUT2D eigenvalue weighted by molar-refractivity contribution is 5.73. The molecule has 0 spiro atoms. The summed E-state index contributed by atoms with van der Waals surface area (Å²) in [5.74, 6) is 0.647. The van der Waals surface area contributed by atoms with Crippen LogP contribution in [0.4, 0.5) is 11.6 Å². The van der Waals surface area contributed by atoms with Crippen molar-refractivity contribution >= 4 is 17.5 Å². The van der Waals surface area contributed by atoms with Crippen molar-refractivity contribution in [1.82, 2.24) is 34.5 Å². The van der Waals surface area contributed by atoms with Crippen molar-refractivity contribution in [2.24, 2.45) is 0 Å². The van der Waals surface area contributed by atoms with Gasteiger partial charge in [0, 0.05) is 57.2 Å². The van der Waals surface area contributed by atoms with Crippen molar-refractivity contribution in [3.8, 4) is 17.1 Å². The van der Waals surface area contributed by atoms with E-state index in [1.807, 2.05) is 71.1 Å². The van der Waals surface area contributed by atoms with Gasteiger partial charge in [0.2, 0.25) is 11.9 Å². The second-order valence-corrected chi connectivity index (χ2v) is 8.63. The Hall–Kier alpha value is -4.11. The van der Waals surface area contributed by atoms with Crippen molar-refractivity contribution in [2.45, 2.75) is 20.4 Å². The van der Waals surface area contributed by atoms with E-state index in [1.165, 1.54) is 0 Å². The molecule has 1 aromatic carbocycles. The number of amides is 1. The van der Waals surface area contributed by atoms with E-state index >= 15 is 0 Å². The number of hydrogen-bond donors (Lipinski definition) is 1. The fourth-order valence-corrected chi connectivity index (χ4v) is 4.30. The molecule has 178 valence electrons. The molecule has 0 atom stereocenters. The molecule has 1 saturated heterocycles. The van der Waals surface area contributed by atoms with Gasteiger partial charge in [0.15, 0.2) is 0 Å². The van der Waals surface area contributed by atoms with Gasteiger partial charge in [-0.25, -0.2) is 14.6 Å². The second-order valence-electron chi connectivity index (χ2n) is 8.63. The minimum absolute atomic E-state index is 0.138. The second kappa shape index (κ2) is 10.0. The summed E-state index contributed by atoms with van der Waals surface area (Å²) in [6.07, 6.45) is 3.52. The summed E-state index contributed by atoms with van der Waals surface area (Å²) in [5, 5.41) is 7.81.